The summed E-state index contributed by atoms with van der Waals surface area (Å²) in [7, 11) is -3.19. The van der Waals surface area contributed by atoms with Gasteiger partial charge in [0.2, 0.25) is 0 Å². The number of carbonyl (C=O) groups is 1. The Morgan fingerprint density at radius 2 is 1.94 bits per heavy atom. The zero-order valence-electron chi connectivity index (χ0n) is 10.9. The number of ketones is 1. The number of nitrogen functional groups attached to an aromatic ring is 1. The highest BCUT2D eigenvalue weighted by Gasteiger charge is 2.19. The summed E-state index contributed by atoms with van der Waals surface area (Å²) in [6.45, 7) is 5.09. The highest BCUT2D eigenvalue weighted by molar-refractivity contribution is 7.91. The van der Waals surface area contributed by atoms with Crippen molar-refractivity contribution < 1.29 is 13.2 Å². The molecule has 0 amide bonds. The molecule has 0 saturated carbocycles. The van der Waals surface area contributed by atoms with Crippen LogP contribution >= 0.6 is 0 Å². The largest absolute Gasteiger partial charge is 0.398 e. The number of nitrogens with two attached hydrogens (primary N) is 1. The molecule has 100 valence electrons. The Labute approximate surface area is 108 Å². The van der Waals surface area contributed by atoms with Crippen LogP contribution in [-0.2, 0) is 9.84 Å². The van der Waals surface area contributed by atoms with E-state index < -0.39 is 15.1 Å². The van der Waals surface area contributed by atoms with Gasteiger partial charge in [0.1, 0.15) is 0 Å². The third-order valence-electron chi connectivity index (χ3n) is 2.84. The zero-order valence-corrected chi connectivity index (χ0v) is 11.8. The maximum absolute atomic E-state index is 11.9. The molecule has 0 aliphatic carbocycles. The Bertz CT molecular complexity index is 547. The summed E-state index contributed by atoms with van der Waals surface area (Å²) in [5.41, 5.74) is 7.46. The van der Waals surface area contributed by atoms with Crippen molar-refractivity contribution in [2.24, 2.45) is 0 Å². The molecule has 5 heteroatoms. The Kier molecular flexibility index (Phi) is 4.51. The normalized spacial score (nSPS) is 11.8. The maximum atomic E-state index is 11.9. The number of aryl methyl sites for hydroxylation is 1. The number of Topliss-reactive ketones (excluding diaryl/α,β-unsaturated/α-hetero) is 1. The topological polar surface area (TPSA) is 77.2 Å². The van der Waals surface area contributed by atoms with E-state index in [2.05, 4.69) is 0 Å². The smallest absolute Gasteiger partial charge is 0.165 e. The van der Waals surface area contributed by atoms with Crippen molar-refractivity contribution in [2.75, 3.05) is 11.5 Å². The molecule has 0 fully saturated rings. The summed E-state index contributed by atoms with van der Waals surface area (Å²) in [4.78, 5) is 11.9. The van der Waals surface area contributed by atoms with E-state index >= 15 is 0 Å². The monoisotopic (exact) mass is 269 g/mol. The number of anilines is 1. The second-order valence-electron chi connectivity index (χ2n) is 4.68. The van der Waals surface area contributed by atoms with Gasteiger partial charge in [-0.3, -0.25) is 4.79 Å². The number of hydrogen-bond acceptors (Lipinski definition) is 4. The van der Waals surface area contributed by atoms with E-state index in [0.717, 1.165) is 5.56 Å². The van der Waals surface area contributed by atoms with Gasteiger partial charge in [-0.2, -0.15) is 0 Å². The van der Waals surface area contributed by atoms with Gasteiger partial charge in [0.25, 0.3) is 0 Å². The first-order valence-corrected chi connectivity index (χ1v) is 7.56. The van der Waals surface area contributed by atoms with Gasteiger partial charge in [-0.25, -0.2) is 8.42 Å². The number of rotatable bonds is 5. The van der Waals surface area contributed by atoms with Crippen molar-refractivity contribution in [2.45, 2.75) is 32.4 Å². The van der Waals surface area contributed by atoms with Crippen LogP contribution in [0.15, 0.2) is 18.2 Å². The second kappa shape index (κ2) is 5.52. The summed E-state index contributed by atoms with van der Waals surface area (Å²) in [5.74, 6) is -0.350. The molecule has 1 aromatic carbocycles. The summed E-state index contributed by atoms with van der Waals surface area (Å²) < 4.78 is 23.3. The van der Waals surface area contributed by atoms with Gasteiger partial charge in [-0.05, 0) is 32.9 Å². The molecular formula is C13H19NO3S. The van der Waals surface area contributed by atoms with E-state index in [0.29, 0.717) is 11.3 Å². The fourth-order valence-corrected chi connectivity index (χ4v) is 2.46. The number of hydrogen-bond donors (Lipinski definition) is 1. The molecule has 0 bridgehead atoms. The lowest BCUT2D eigenvalue weighted by Crippen LogP contribution is -2.20. The summed E-state index contributed by atoms with van der Waals surface area (Å²) in [6, 6.07) is 5.18. The molecule has 0 saturated heterocycles. The minimum atomic E-state index is -3.19. The number of carbonyl (C=O) groups excluding carboxylic acids is 1. The molecule has 0 atom stereocenters. The predicted molar refractivity (Wildman–Crippen MR) is 73.5 cm³/mol. The fourth-order valence-electron chi connectivity index (χ4n) is 1.52. The molecule has 0 aliphatic heterocycles. The lowest BCUT2D eigenvalue weighted by atomic mass is 10.0. The average molecular weight is 269 g/mol. The minimum Gasteiger partial charge on any atom is -0.398 e. The van der Waals surface area contributed by atoms with E-state index in [4.69, 9.17) is 5.73 Å². The number of sulfone groups is 1. The van der Waals surface area contributed by atoms with Gasteiger partial charge in [-0.15, -0.1) is 0 Å². The van der Waals surface area contributed by atoms with Crippen molar-refractivity contribution in [3.8, 4) is 0 Å². The molecule has 2 N–H and O–H groups in total. The third kappa shape index (κ3) is 3.57. The van der Waals surface area contributed by atoms with E-state index in [1.807, 2.05) is 13.0 Å². The molecule has 0 heterocycles. The predicted octanol–water partition coefficient (Wildman–Crippen LogP) is 1.97. The Balaban J connectivity index is 2.81. The molecule has 0 radical (unpaired) electrons. The van der Waals surface area contributed by atoms with E-state index in [1.54, 1.807) is 26.0 Å². The first kappa shape index (κ1) is 14.7. The van der Waals surface area contributed by atoms with Gasteiger partial charge in [0.15, 0.2) is 15.6 Å². The van der Waals surface area contributed by atoms with Crippen LogP contribution in [0.3, 0.4) is 0 Å². The first-order valence-electron chi connectivity index (χ1n) is 5.85. The van der Waals surface area contributed by atoms with Crippen molar-refractivity contribution in [1.29, 1.82) is 0 Å². The second-order valence-corrected chi connectivity index (χ2v) is 7.36. The highest BCUT2D eigenvalue weighted by Crippen LogP contribution is 2.16. The van der Waals surface area contributed by atoms with Gasteiger partial charge >= 0.3 is 0 Å². The van der Waals surface area contributed by atoms with Crippen LogP contribution in [0, 0.1) is 6.92 Å². The number of benzene rings is 1. The van der Waals surface area contributed by atoms with E-state index in [1.165, 1.54) is 0 Å². The van der Waals surface area contributed by atoms with Crippen LogP contribution < -0.4 is 5.73 Å². The third-order valence-corrected chi connectivity index (χ3v) is 5.05. The molecule has 0 spiro atoms. The SMILES string of the molecule is Cc1ccc(N)c(C(=O)CCS(=O)(=O)C(C)C)c1. The van der Waals surface area contributed by atoms with Crippen LogP contribution in [0.25, 0.3) is 0 Å². The summed E-state index contributed by atoms with van der Waals surface area (Å²) in [5, 5.41) is -0.458. The quantitative estimate of drug-likeness (QED) is 0.655. The highest BCUT2D eigenvalue weighted by atomic mass is 32.2. The van der Waals surface area contributed by atoms with Gasteiger partial charge in [0, 0.05) is 17.7 Å². The van der Waals surface area contributed by atoms with E-state index in [9.17, 15) is 13.2 Å². The van der Waals surface area contributed by atoms with Crippen LogP contribution in [0.4, 0.5) is 5.69 Å². The van der Waals surface area contributed by atoms with Crippen molar-refractivity contribution in [1.82, 2.24) is 0 Å². The van der Waals surface area contributed by atoms with E-state index in [-0.39, 0.29) is 18.0 Å². The van der Waals surface area contributed by atoms with Crippen LogP contribution in [0.1, 0.15) is 36.2 Å². The molecule has 18 heavy (non-hydrogen) atoms. The van der Waals surface area contributed by atoms with Crippen molar-refractivity contribution in [3.05, 3.63) is 29.3 Å². The Morgan fingerprint density at radius 3 is 2.50 bits per heavy atom. The lowest BCUT2D eigenvalue weighted by Gasteiger charge is -2.08. The molecule has 0 aliphatic rings. The molecule has 4 nitrogen and oxygen atoms in total. The summed E-state index contributed by atoms with van der Waals surface area (Å²) >= 11 is 0. The first-order chi connectivity index (χ1) is 8.24. The zero-order chi connectivity index (χ0) is 13.9. The van der Waals surface area contributed by atoms with Crippen LogP contribution in [-0.4, -0.2) is 25.2 Å². The fraction of sp³-hybridized carbons (Fsp3) is 0.462. The molecule has 0 unspecified atom stereocenters. The molecular weight excluding hydrogens is 250 g/mol. The van der Waals surface area contributed by atoms with Crippen LogP contribution in [0.5, 0.6) is 0 Å². The van der Waals surface area contributed by atoms with Crippen molar-refractivity contribution >= 4 is 21.3 Å². The lowest BCUT2D eigenvalue weighted by molar-refractivity contribution is 0.0989. The molecule has 1 aromatic rings. The maximum Gasteiger partial charge on any atom is 0.165 e. The molecule has 1 rings (SSSR count). The van der Waals surface area contributed by atoms with Gasteiger partial charge in [-0.1, -0.05) is 11.6 Å². The molecule has 0 aromatic heterocycles. The van der Waals surface area contributed by atoms with Gasteiger partial charge < -0.3 is 5.73 Å². The summed E-state index contributed by atoms with van der Waals surface area (Å²) in [6.07, 6.45) is -0.0197. The standard InChI is InChI=1S/C13H19NO3S/c1-9(2)18(16,17)7-6-13(15)11-8-10(3)4-5-12(11)14/h4-5,8-9H,6-7,14H2,1-3H3. The van der Waals surface area contributed by atoms with Crippen molar-refractivity contribution in [3.63, 3.8) is 0 Å². The Hall–Kier alpha value is -1.36. The minimum absolute atomic E-state index is 0.0197. The Morgan fingerprint density at radius 1 is 1.33 bits per heavy atom. The average Bonchev–Trinajstić information content (AvgIpc) is 2.29. The van der Waals surface area contributed by atoms with Crippen LogP contribution in [0.2, 0.25) is 0 Å². The van der Waals surface area contributed by atoms with Gasteiger partial charge in [0.05, 0.1) is 11.0 Å².